The summed E-state index contributed by atoms with van der Waals surface area (Å²) in [6.45, 7) is 1.92. The number of nitrogens with two attached hydrogens (primary N) is 2. The number of unbranched alkanes of at least 4 members (excludes halogenated alkanes) is 1. The number of hydrogen-bond donors (Lipinski definition) is 7. The fraction of sp³-hybridized carbons (Fsp3) is 0.565. The molecule has 0 spiro atoms. The molecule has 35 heavy (non-hydrogen) atoms. The lowest BCUT2D eigenvalue weighted by Crippen LogP contribution is -2.56. The number of aromatic hydroxyl groups is 1. The highest BCUT2D eigenvalue weighted by molar-refractivity contribution is 7.98. The van der Waals surface area contributed by atoms with Crippen LogP contribution in [-0.4, -0.2) is 76.6 Å². The van der Waals surface area contributed by atoms with Crippen LogP contribution < -0.4 is 27.4 Å². The molecule has 0 aliphatic heterocycles. The van der Waals surface area contributed by atoms with E-state index in [2.05, 4.69) is 16.0 Å². The molecule has 11 nitrogen and oxygen atoms in total. The molecule has 0 aromatic heterocycles. The highest BCUT2D eigenvalue weighted by atomic mass is 32.2. The molecule has 1 aromatic rings. The lowest BCUT2D eigenvalue weighted by Gasteiger charge is -2.23. The third-order valence-electron chi connectivity index (χ3n) is 5.29. The van der Waals surface area contributed by atoms with E-state index in [4.69, 9.17) is 11.5 Å². The number of amides is 3. The van der Waals surface area contributed by atoms with Crippen molar-refractivity contribution in [1.82, 2.24) is 16.0 Å². The Morgan fingerprint density at radius 2 is 1.57 bits per heavy atom. The summed E-state index contributed by atoms with van der Waals surface area (Å²) in [5.41, 5.74) is 12.1. The first-order chi connectivity index (χ1) is 16.6. The van der Waals surface area contributed by atoms with Gasteiger partial charge in [-0.25, -0.2) is 4.79 Å². The SMILES string of the molecule is CSCCC(NC(=O)C(C)NC(=O)C(Cc1ccc(O)cc1)NC(=O)C(N)CCCCN)C(=O)O. The fourth-order valence-electron chi connectivity index (χ4n) is 3.16. The van der Waals surface area contributed by atoms with Crippen LogP contribution in [0.4, 0.5) is 0 Å². The van der Waals surface area contributed by atoms with Crippen molar-refractivity contribution in [1.29, 1.82) is 0 Å². The summed E-state index contributed by atoms with van der Waals surface area (Å²) in [5, 5.41) is 26.4. The van der Waals surface area contributed by atoms with Gasteiger partial charge in [0.05, 0.1) is 6.04 Å². The molecular formula is C23H37N5O6S. The van der Waals surface area contributed by atoms with Gasteiger partial charge < -0.3 is 37.6 Å². The predicted octanol–water partition coefficient (Wildman–Crippen LogP) is -0.297. The van der Waals surface area contributed by atoms with Gasteiger partial charge in [-0.15, -0.1) is 0 Å². The molecule has 1 rings (SSSR count). The number of phenols is 1. The summed E-state index contributed by atoms with van der Waals surface area (Å²) in [7, 11) is 0. The van der Waals surface area contributed by atoms with Crippen LogP contribution in [0, 0.1) is 0 Å². The summed E-state index contributed by atoms with van der Waals surface area (Å²) in [6, 6.07) is 2.15. The molecule has 0 aliphatic rings. The Balaban J connectivity index is 2.88. The normalized spacial score (nSPS) is 14.3. The van der Waals surface area contributed by atoms with Crippen molar-refractivity contribution in [3.63, 3.8) is 0 Å². The molecule has 0 saturated carbocycles. The highest BCUT2D eigenvalue weighted by Gasteiger charge is 2.28. The van der Waals surface area contributed by atoms with E-state index in [0.717, 1.165) is 6.42 Å². The number of carbonyl (C=O) groups excluding carboxylic acids is 3. The van der Waals surface area contributed by atoms with E-state index < -0.39 is 47.9 Å². The molecule has 0 radical (unpaired) electrons. The van der Waals surface area contributed by atoms with Crippen molar-refractivity contribution in [2.24, 2.45) is 11.5 Å². The van der Waals surface area contributed by atoms with Gasteiger partial charge in [0.25, 0.3) is 0 Å². The number of carboxylic acid groups (broad SMARTS) is 1. The summed E-state index contributed by atoms with van der Waals surface area (Å²) < 4.78 is 0. The quantitative estimate of drug-likeness (QED) is 0.146. The van der Waals surface area contributed by atoms with Crippen molar-refractivity contribution in [3.05, 3.63) is 29.8 Å². The zero-order valence-corrected chi connectivity index (χ0v) is 21.0. The van der Waals surface area contributed by atoms with Crippen molar-refractivity contribution < 1.29 is 29.4 Å². The molecule has 12 heteroatoms. The molecule has 0 fully saturated rings. The minimum atomic E-state index is -1.16. The standard InChI is InChI=1S/C23H37N5O6S/c1-14(20(30)27-18(23(33)34)10-12-35-2)26-22(32)19(13-15-6-8-16(29)9-7-15)28-21(31)17(25)5-3-4-11-24/h6-9,14,17-19,29H,3-5,10-13,24-25H2,1-2H3,(H,26,32)(H,27,30)(H,28,31)(H,33,34). The second kappa shape index (κ2) is 16.0. The third kappa shape index (κ3) is 11.4. The van der Waals surface area contributed by atoms with E-state index in [1.54, 1.807) is 12.1 Å². The number of nitrogens with one attached hydrogen (secondary N) is 3. The van der Waals surface area contributed by atoms with Crippen LogP contribution in [0.25, 0.3) is 0 Å². The summed E-state index contributed by atoms with van der Waals surface area (Å²) in [5.74, 6) is -2.35. The topological polar surface area (TPSA) is 197 Å². The van der Waals surface area contributed by atoms with Crippen molar-refractivity contribution >= 4 is 35.5 Å². The van der Waals surface area contributed by atoms with Crippen molar-refractivity contribution in [2.45, 2.75) is 63.2 Å². The second-order valence-electron chi connectivity index (χ2n) is 8.23. The van der Waals surface area contributed by atoms with Gasteiger partial charge in [-0.05, 0) is 62.4 Å². The number of hydrogen-bond acceptors (Lipinski definition) is 8. The molecule has 196 valence electrons. The Bertz CT molecular complexity index is 838. The molecule has 4 atom stereocenters. The maximum atomic E-state index is 13.0. The minimum Gasteiger partial charge on any atom is -0.508 e. The average molecular weight is 512 g/mol. The molecular weight excluding hydrogens is 474 g/mol. The van der Waals surface area contributed by atoms with Crippen LogP contribution in [0.5, 0.6) is 5.75 Å². The van der Waals surface area contributed by atoms with E-state index >= 15 is 0 Å². The number of carbonyl (C=O) groups is 4. The van der Waals surface area contributed by atoms with Gasteiger partial charge in [-0.3, -0.25) is 14.4 Å². The van der Waals surface area contributed by atoms with Gasteiger partial charge in [-0.2, -0.15) is 11.8 Å². The Kier molecular flexibility index (Phi) is 13.8. The van der Waals surface area contributed by atoms with Crippen LogP contribution >= 0.6 is 11.8 Å². The molecule has 4 unspecified atom stereocenters. The number of rotatable bonds is 16. The summed E-state index contributed by atoms with van der Waals surface area (Å²) in [4.78, 5) is 49.5. The molecule has 0 aliphatic carbocycles. The summed E-state index contributed by atoms with van der Waals surface area (Å²) >= 11 is 1.46. The van der Waals surface area contributed by atoms with Crippen LogP contribution in [0.15, 0.2) is 24.3 Å². The summed E-state index contributed by atoms with van der Waals surface area (Å²) in [6.07, 6.45) is 3.95. The molecule has 3 amide bonds. The van der Waals surface area contributed by atoms with Crippen LogP contribution in [-0.2, 0) is 25.6 Å². The number of phenolic OH excluding ortho intramolecular Hbond substituents is 1. The maximum Gasteiger partial charge on any atom is 0.326 e. The van der Waals surface area contributed by atoms with Crippen LogP contribution in [0.3, 0.4) is 0 Å². The highest BCUT2D eigenvalue weighted by Crippen LogP contribution is 2.12. The van der Waals surface area contributed by atoms with Crippen molar-refractivity contribution in [3.8, 4) is 5.75 Å². The molecule has 1 aromatic carbocycles. The zero-order valence-electron chi connectivity index (χ0n) is 20.2. The first-order valence-electron chi connectivity index (χ1n) is 11.4. The van der Waals surface area contributed by atoms with E-state index in [1.165, 1.54) is 30.8 Å². The number of benzene rings is 1. The number of aliphatic carboxylic acids is 1. The molecule has 9 N–H and O–H groups in total. The van der Waals surface area contributed by atoms with Gasteiger partial charge in [0.2, 0.25) is 17.7 Å². The molecule has 0 saturated heterocycles. The Hall–Kier alpha value is -2.83. The lowest BCUT2D eigenvalue weighted by molar-refractivity contribution is -0.142. The van der Waals surface area contributed by atoms with Gasteiger partial charge in [0.15, 0.2) is 0 Å². The second-order valence-corrected chi connectivity index (χ2v) is 9.22. The van der Waals surface area contributed by atoms with E-state index in [9.17, 15) is 29.4 Å². The Morgan fingerprint density at radius 1 is 0.943 bits per heavy atom. The van der Waals surface area contributed by atoms with Gasteiger partial charge >= 0.3 is 5.97 Å². The first kappa shape index (κ1) is 30.2. The number of thioether (sulfide) groups is 1. The van der Waals surface area contributed by atoms with E-state index in [-0.39, 0.29) is 18.6 Å². The lowest BCUT2D eigenvalue weighted by atomic mass is 10.0. The first-order valence-corrected chi connectivity index (χ1v) is 12.8. The smallest absolute Gasteiger partial charge is 0.326 e. The third-order valence-corrected chi connectivity index (χ3v) is 5.94. The molecule has 0 bridgehead atoms. The van der Waals surface area contributed by atoms with Gasteiger partial charge in [-0.1, -0.05) is 18.6 Å². The zero-order chi connectivity index (χ0) is 26.4. The monoisotopic (exact) mass is 511 g/mol. The van der Waals surface area contributed by atoms with E-state index in [0.29, 0.717) is 30.7 Å². The largest absolute Gasteiger partial charge is 0.508 e. The Labute approximate surface area is 209 Å². The predicted molar refractivity (Wildman–Crippen MR) is 135 cm³/mol. The van der Waals surface area contributed by atoms with Gasteiger partial charge in [0.1, 0.15) is 23.9 Å². The van der Waals surface area contributed by atoms with Crippen molar-refractivity contribution in [2.75, 3.05) is 18.6 Å². The Morgan fingerprint density at radius 3 is 2.14 bits per heavy atom. The average Bonchev–Trinajstić information content (AvgIpc) is 2.82. The fourth-order valence-corrected chi connectivity index (χ4v) is 3.64. The molecule has 0 heterocycles. The minimum absolute atomic E-state index is 0.0560. The van der Waals surface area contributed by atoms with E-state index in [1.807, 2.05) is 6.26 Å². The number of carboxylic acids is 1. The maximum absolute atomic E-state index is 13.0. The van der Waals surface area contributed by atoms with Crippen LogP contribution in [0.1, 0.15) is 38.2 Å². The van der Waals surface area contributed by atoms with Gasteiger partial charge in [0, 0.05) is 6.42 Å². The van der Waals surface area contributed by atoms with Crippen LogP contribution in [0.2, 0.25) is 0 Å².